The monoisotopic (exact) mass is 274 g/mol. The molecule has 0 unspecified atom stereocenters. The first-order valence-electron chi connectivity index (χ1n) is 7.29. The van der Waals surface area contributed by atoms with Gasteiger partial charge in [0.25, 0.3) is 0 Å². The van der Waals surface area contributed by atoms with E-state index < -0.39 is 10.0 Å². The van der Waals surface area contributed by atoms with E-state index in [9.17, 15) is 8.42 Å². The summed E-state index contributed by atoms with van der Waals surface area (Å²) in [6.45, 7) is 8.80. The second-order valence-electron chi connectivity index (χ2n) is 5.63. The van der Waals surface area contributed by atoms with E-state index in [0.717, 1.165) is 38.4 Å². The minimum Gasteiger partial charge on any atom is -0.300 e. The minimum absolute atomic E-state index is 0.0527. The summed E-state index contributed by atoms with van der Waals surface area (Å²) in [5.41, 5.74) is 0. The van der Waals surface area contributed by atoms with Gasteiger partial charge < -0.3 is 4.90 Å². The molecule has 0 spiro atoms. The number of hydrogen-bond acceptors (Lipinski definition) is 3. The SMILES string of the molecule is CCC(CC)CN1CCN(S(=O)(=O)C2CC2)CC1. The number of nitrogens with zero attached hydrogens (tertiary/aromatic N) is 2. The second-order valence-corrected chi connectivity index (χ2v) is 7.84. The lowest BCUT2D eigenvalue weighted by molar-refractivity contribution is 0.161. The Balaban J connectivity index is 1.81. The average Bonchev–Trinajstić information content (AvgIpc) is 3.21. The van der Waals surface area contributed by atoms with Crippen molar-refractivity contribution >= 4 is 10.0 Å². The Morgan fingerprint density at radius 3 is 2.06 bits per heavy atom. The Bertz CT molecular complexity index is 353. The Hall–Kier alpha value is -0.130. The van der Waals surface area contributed by atoms with Crippen LogP contribution in [0.2, 0.25) is 0 Å². The molecule has 2 aliphatic rings. The number of sulfonamides is 1. The Kier molecular flexibility index (Phi) is 4.67. The van der Waals surface area contributed by atoms with Crippen LogP contribution in [0.25, 0.3) is 0 Å². The van der Waals surface area contributed by atoms with Crippen LogP contribution in [-0.2, 0) is 10.0 Å². The van der Waals surface area contributed by atoms with Gasteiger partial charge in [-0.05, 0) is 18.8 Å². The van der Waals surface area contributed by atoms with Gasteiger partial charge in [-0.25, -0.2) is 8.42 Å². The zero-order valence-electron chi connectivity index (χ0n) is 11.6. The average molecular weight is 274 g/mol. The topological polar surface area (TPSA) is 40.6 Å². The van der Waals surface area contributed by atoms with Gasteiger partial charge in [-0.1, -0.05) is 26.7 Å². The van der Waals surface area contributed by atoms with Gasteiger partial charge in [-0.15, -0.1) is 0 Å². The Morgan fingerprint density at radius 2 is 1.61 bits per heavy atom. The van der Waals surface area contributed by atoms with Gasteiger partial charge in [-0.3, -0.25) is 0 Å². The van der Waals surface area contributed by atoms with E-state index in [1.807, 2.05) is 0 Å². The number of hydrogen-bond donors (Lipinski definition) is 0. The van der Waals surface area contributed by atoms with Crippen LogP contribution < -0.4 is 0 Å². The Morgan fingerprint density at radius 1 is 1.06 bits per heavy atom. The highest BCUT2D eigenvalue weighted by molar-refractivity contribution is 7.90. The number of rotatable bonds is 6. The molecular formula is C13H26N2O2S. The van der Waals surface area contributed by atoms with Crippen molar-refractivity contribution in [2.24, 2.45) is 5.92 Å². The van der Waals surface area contributed by atoms with Crippen molar-refractivity contribution in [2.75, 3.05) is 32.7 Å². The third-order valence-electron chi connectivity index (χ3n) is 4.31. The van der Waals surface area contributed by atoms with Crippen LogP contribution in [0.1, 0.15) is 39.5 Å². The van der Waals surface area contributed by atoms with Crippen molar-refractivity contribution in [2.45, 2.75) is 44.8 Å². The predicted molar refractivity (Wildman–Crippen MR) is 74.0 cm³/mol. The van der Waals surface area contributed by atoms with Crippen LogP contribution in [0, 0.1) is 5.92 Å². The molecule has 0 aromatic rings. The maximum atomic E-state index is 12.1. The lowest BCUT2D eigenvalue weighted by Gasteiger charge is -2.35. The first kappa shape index (κ1) is 14.3. The van der Waals surface area contributed by atoms with Crippen molar-refractivity contribution in [3.8, 4) is 0 Å². The molecule has 1 heterocycles. The van der Waals surface area contributed by atoms with E-state index in [2.05, 4.69) is 18.7 Å². The maximum absolute atomic E-state index is 12.1. The fourth-order valence-corrected chi connectivity index (χ4v) is 4.48. The van der Waals surface area contributed by atoms with Crippen LogP contribution in [0.4, 0.5) is 0 Å². The normalized spacial score (nSPS) is 23.7. The molecule has 2 rings (SSSR count). The zero-order chi connectivity index (χ0) is 13.2. The molecule has 1 aliphatic heterocycles. The van der Waals surface area contributed by atoms with E-state index in [4.69, 9.17) is 0 Å². The quantitative estimate of drug-likeness (QED) is 0.737. The highest BCUT2D eigenvalue weighted by atomic mass is 32.2. The molecule has 5 heteroatoms. The Labute approximate surface area is 111 Å². The second kappa shape index (κ2) is 5.88. The summed E-state index contributed by atoms with van der Waals surface area (Å²) in [5, 5.41) is -0.0527. The lowest BCUT2D eigenvalue weighted by Crippen LogP contribution is -2.50. The summed E-state index contributed by atoms with van der Waals surface area (Å²) < 4.78 is 25.9. The van der Waals surface area contributed by atoms with Gasteiger partial charge in [0, 0.05) is 32.7 Å². The third kappa shape index (κ3) is 3.25. The van der Waals surface area contributed by atoms with E-state index in [1.54, 1.807) is 4.31 Å². The van der Waals surface area contributed by atoms with Crippen molar-refractivity contribution in [1.82, 2.24) is 9.21 Å². The van der Waals surface area contributed by atoms with Crippen LogP contribution in [-0.4, -0.2) is 55.6 Å². The minimum atomic E-state index is -2.95. The van der Waals surface area contributed by atoms with Crippen LogP contribution in [0.5, 0.6) is 0 Å². The molecule has 18 heavy (non-hydrogen) atoms. The molecule has 0 aromatic carbocycles. The van der Waals surface area contributed by atoms with Crippen LogP contribution >= 0.6 is 0 Å². The molecule has 0 bridgehead atoms. The predicted octanol–water partition coefficient (Wildman–Crippen LogP) is 1.53. The van der Waals surface area contributed by atoms with Gasteiger partial charge in [0.1, 0.15) is 0 Å². The molecule has 1 aliphatic carbocycles. The van der Waals surface area contributed by atoms with Crippen molar-refractivity contribution in [3.63, 3.8) is 0 Å². The molecule has 0 aromatic heterocycles. The molecule has 0 atom stereocenters. The van der Waals surface area contributed by atoms with E-state index in [1.165, 1.54) is 12.8 Å². The molecule has 0 N–H and O–H groups in total. The fraction of sp³-hybridized carbons (Fsp3) is 1.00. The van der Waals surface area contributed by atoms with Gasteiger partial charge >= 0.3 is 0 Å². The highest BCUT2D eigenvalue weighted by Gasteiger charge is 2.40. The molecular weight excluding hydrogens is 248 g/mol. The summed E-state index contributed by atoms with van der Waals surface area (Å²) in [6.07, 6.45) is 4.18. The largest absolute Gasteiger partial charge is 0.300 e. The van der Waals surface area contributed by atoms with Crippen molar-refractivity contribution < 1.29 is 8.42 Å². The summed E-state index contributed by atoms with van der Waals surface area (Å²) in [4.78, 5) is 2.43. The summed E-state index contributed by atoms with van der Waals surface area (Å²) in [7, 11) is -2.95. The van der Waals surface area contributed by atoms with Crippen molar-refractivity contribution in [1.29, 1.82) is 0 Å². The van der Waals surface area contributed by atoms with Gasteiger partial charge in [0.2, 0.25) is 10.0 Å². The molecule has 0 amide bonds. The first-order chi connectivity index (χ1) is 8.57. The van der Waals surface area contributed by atoms with E-state index in [0.29, 0.717) is 13.1 Å². The third-order valence-corrected chi connectivity index (χ3v) is 6.71. The van der Waals surface area contributed by atoms with Crippen LogP contribution in [0.3, 0.4) is 0 Å². The van der Waals surface area contributed by atoms with Gasteiger partial charge in [0.05, 0.1) is 5.25 Å². The summed E-state index contributed by atoms with van der Waals surface area (Å²) in [6, 6.07) is 0. The van der Waals surface area contributed by atoms with E-state index in [-0.39, 0.29) is 5.25 Å². The summed E-state index contributed by atoms with van der Waals surface area (Å²) >= 11 is 0. The molecule has 4 nitrogen and oxygen atoms in total. The number of piperazine rings is 1. The first-order valence-corrected chi connectivity index (χ1v) is 8.79. The van der Waals surface area contributed by atoms with Crippen molar-refractivity contribution in [3.05, 3.63) is 0 Å². The van der Waals surface area contributed by atoms with Gasteiger partial charge in [0.15, 0.2) is 0 Å². The molecule has 0 radical (unpaired) electrons. The van der Waals surface area contributed by atoms with Gasteiger partial charge in [-0.2, -0.15) is 4.31 Å². The molecule has 106 valence electrons. The maximum Gasteiger partial charge on any atom is 0.217 e. The zero-order valence-corrected chi connectivity index (χ0v) is 12.5. The van der Waals surface area contributed by atoms with E-state index >= 15 is 0 Å². The van der Waals surface area contributed by atoms with Crippen LogP contribution in [0.15, 0.2) is 0 Å². The summed E-state index contributed by atoms with van der Waals surface area (Å²) in [5.74, 6) is 0.761. The lowest BCUT2D eigenvalue weighted by atomic mass is 10.0. The molecule has 1 saturated heterocycles. The molecule has 2 fully saturated rings. The fourth-order valence-electron chi connectivity index (χ4n) is 2.66. The standard InChI is InChI=1S/C13H26N2O2S/c1-3-12(4-2)11-14-7-9-15(10-8-14)18(16,17)13-5-6-13/h12-13H,3-11H2,1-2H3. The smallest absolute Gasteiger partial charge is 0.217 e. The highest BCUT2D eigenvalue weighted by Crippen LogP contribution is 2.31. The molecule has 1 saturated carbocycles.